The maximum absolute atomic E-state index is 13.5. The predicted molar refractivity (Wildman–Crippen MR) is 180 cm³/mol. The number of rotatable bonds is 13. The number of anilines is 1. The van der Waals surface area contributed by atoms with E-state index in [-0.39, 0.29) is 30.2 Å². The van der Waals surface area contributed by atoms with Crippen LogP contribution in [0.3, 0.4) is 0 Å². The highest BCUT2D eigenvalue weighted by molar-refractivity contribution is 6.27. The summed E-state index contributed by atoms with van der Waals surface area (Å²) in [6.07, 6.45) is 3.48. The Morgan fingerprint density at radius 2 is 1.13 bits per heavy atom. The molecular formula is C36H36N6O4. The summed E-state index contributed by atoms with van der Waals surface area (Å²) in [6.45, 7) is 6.88. The lowest BCUT2D eigenvalue weighted by Gasteiger charge is -2.30. The van der Waals surface area contributed by atoms with Gasteiger partial charge in [-0.2, -0.15) is 0 Å². The molecule has 0 atom stereocenters. The summed E-state index contributed by atoms with van der Waals surface area (Å²) in [5, 5.41) is 10.6. The maximum atomic E-state index is 13.5. The van der Waals surface area contributed by atoms with Crippen molar-refractivity contribution in [2.24, 2.45) is 0 Å². The minimum Gasteiger partial charge on any atom is -0.308 e. The number of hydrogen-bond donors (Lipinski definition) is 1. The third-order valence-corrected chi connectivity index (χ3v) is 8.93. The average Bonchev–Trinajstić information content (AvgIpc) is 3.06. The van der Waals surface area contributed by atoms with E-state index in [1.165, 1.54) is 16.0 Å². The molecule has 10 heteroatoms. The van der Waals surface area contributed by atoms with Crippen LogP contribution in [-0.2, 0) is 0 Å². The zero-order chi connectivity index (χ0) is 32.5. The van der Waals surface area contributed by atoms with Gasteiger partial charge in [-0.15, -0.1) is 0 Å². The molecule has 0 aromatic heterocycles. The molecule has 4 amide bonds. The van der Waals surface area contributed by atoms with Gasteiger partial charge in [0.2, 0.25) is 0 Å². The van der Waals surface area contributed by atoms with Gasteiger partial charge in [0.05, 0.1) is 12.0 Å². The van der Waals surface area contributed by atoms with Crippen LogP contribution in [0.1, 0.15) is 47.9 Å². The third-order valence-electron chi connectivity index (χ3n) is 8.93. The van der Waals surface area contributed by atoms with Crippen molar-refractivity contribution in [1.29, 1.82) is 5.41 Å². The lowest BCUT2D eigenvalue weighted by molar-refractivity contribution is 0.0585. The first kappa shape index (κ1) is 30.8. The van der Waals surface area contributed by atoms with E-state index in [4.69, 9.17) is 5.41 Å². The summed E-state index contributed by atoms with van der Waals surface area (Å²) < 4.78 is 0. The van der Waals surface area contributed by atoms with E-state index in [0.717, 1.165) is 42.0 Å². The molecule has 1 N–H and O–H groups in total. The average molecular weight is 617 g/mol. The highest BCUT2D eigenvalue weighted by Crippen LogP contribution is 2.36. The molecule has 6 rings (SSSR count). The standard InChI is InChI=1S/C36H36N6O4/c1-4-40(23-37)30-16-15-29-32-25(30)11-7-14-28(32)35(45)42(36(29)46)22-20-39(3)18-8-17-38(2)19-21-41-33(43)26-12-5-9-24-10-6-13-27(31(24)26)34(41)44/h4-7,9-16,23,37H,1,8,17-22H2,2-3H3. The van der Waals surface area contributed by atoms with Gasteiger partial charge < -0.3 is 14.7 Å². The van der Waals surface area contributed by atoms with Crippen molar-refractivity contribution >= 4 is 57.2 Å². The van der Waals surface area contributed by atoms with Crippen LogP contribution >= 0.6 is 0 Å². The quantitative estimate of drug-likeness (QED) is 0.132. The van der Waals surface area contributed by atoms with E-state index in [2.05, 4.69) is 16.4 Å². The zero-order valence-corrected chi connectivity index (χ0v) is 26.0. The molecule has 0 unspecified atom stereocenters. The van der Waals surface area contributed by atoms with Crippen LogP contribution in [0.2, 0.25) is 0 Å². The molecule has 0 radical (unpaired) electrons. The Kier molecular flexibility index (Phi) is 8.48. The van der Waals surface area contributed by atoms with Gasteiger partial charge in [-0.25, -0.2) is 0 Å². The summed E-state index contributed by atoms with van der Waals surface area (Å²) in [7, 11) is 3.93. The van der Waals surface area contributed by atoms with Gasteiger partial charge in [-0.1, -0.05) is 43.0 Å². The highest BCUT2D eigenvalue weighted by Gasteiger charge is 2.34. The Hall–Kier alpha value is -5.19. The summed E-state index contributed by atoms with van der Waals surface area (Å²) in [6, 6.07) is 20.0. The van der Waals surface area contributed by atoms with Gasteiger partial charge in [-0.3, -0.25) is 34.4 Å². The third kappa shape index (κ3) is 5.35. The molecule has 2 aliphatic heterocycles. The van der Waals surface area contributed by atoms with Gasteiger partial charge >= 0.3 is 0 Å². The fourth-order valence-electron chi connectivity index (χ4n) is 6.44. The fourth-order valence-corrected chi connectivity index (χ4v) is 6.44. The number of nitrogens with one attached hydrogen (secondary N) is 1. The second-order valence-electron chi connectivity index (χ2n) is 11.8. The lowest BCUT2D eigenvalue weighted by Crippen LogP contribution is -2.45. The summed E-state index contributed by atoms with van der Waals surface area (Å²) in [5.74, 6) is -1.16. The van der Waals surface area contributed by atoms with Crippen molar-refractivity contribution in [2.75, 3.05) is 58.3 Å². The van der Waals surface area contributed by atoms with Crippen LogP contribution < -0.4 is 4.90 Å². The zero-order valence-electron chi connectivity index (χ0n) is 26.0. The largest absolute Gasteiger partial charge is 0.308 e. The van der Waals surface area contributed by atoms with Crippen LogP contribution in [0, 0.1) is 5.41 Å². The van der Waals surface area contributed by atoms with Crippen LogP contribution in [0.15, 0.2) is 79.5 Å². The maximum Gasteiger partial charge on any atom is 0.261 e. The number of amides is 4. The van der Waals surface area contributed by atoms with Crippen LogP contribution in [0.5, 0.6) is 0 Å². The van der Waals surface area contributed by atoms with Crippen LogP contribution in [-0.4, -0.2) is 103 Å². The molecule has 0 aliphatic carbocycles. The molecule has 0 fully saturated rings. The van der Waals surface area contributed by atoms with Crippen molar-refractivity contribution in [3.05, 3.63) is 102 Å². The van der Waals surface area contributed by atoms with E-state index >= 15 is 0 Å². The molecule has 4 aromatic rings. The molecule has 2 heterocycles. The second-order valence-corrected chi connectivity index (χ2v) is 11.8. The number of hydrogen-bond acceptors (Lipinski definition) is 7. The minimum atomic E-state index is -0.325. The number of imide groups is 2. The van der Waals surface area contributed by atoms with Crippen LogP contribution in [0.25, 0.3) is 21.5 Å². The Morgan fingerprint density at radius 1 is 0.652 bits per heavy atom. The Bertz CT molecular complexity index is 1840. The Balaban J connectivity index is 1.01. The number of benzene rings is 4. The molecule has 234 valence electrons. The topological polar surface area (TPSA) is 108 Å². The number of nitrogens with zero attached hydrogens (tertiary/aromatic N) is 5. The van der Waals surface area contributed by atoms with Crippen molar-refractivity contribution in [3.63, 3.8) is 0 Å². The molecule has 0 saturated heterocycles. The number of carbonyl (C=O) groups is 4. The fraction of sp³-hybridized carbons (Fsp3) is 0.250. The van der Waals surface area contributed by atoms with Crippen molar-refractivity contribution in [2.45, 2.75) is 6.42 Å². The van der Waals surface area contributed by atoms with E-state index in [0.29, 0.717) is 53.0 Å². The molecule has 0 spiro atoms. The highest BCUT2D eigenvalue weighted by atomic mass is 16.2. The van der Waals surface area contributed by atoms with E-state index < -0.39 is 0 Å². The van der Waals surface area contributed by atoms with E-state index in [1.807, 2.05) is 44.4 Å². The summed E-state index contributed by atoms with van der Waals surface area (Å²) in [5.41, 5.74) is 2.75. The summed E-state index contributed by atoms with van der Waals surface area (Å²) in [4.78, 5) is 61.7. The first-order chi connectivity index (χ1) is 22.2. The Labute approximate surface area is 267 Å². The van der Waals surface area contributed by atoms with Crippen LogP contribution in [0.4, 0.5) is 5.69 Å². The smallest absolute Gasteiger partial charge is 0.261 e. The van der Waals surface area contributed by atoms with Gasteiger partial charge in [0.15, 0.2) is 0 Å². The Morgan fingerprint density at radius 3 is 1.63 bits per heavy atom. The molecule has 10 nitrogen and oxygen atoms in total. The predicted octanol–water partition coefficient (Wildman–Crippen LogP) is 4.70. The minimum absolute atomic E-state index is 0.256. The van der Waals surface area contributed by atoms with E-state index in [1.54, 1.807) is 41.3 Å². The monoisotopic (exact) mass is 616 g/mol. The van der Waals surface area contributed by atoms with Gasteiger partial charge in [-0.05, 0) is 69.3 Å². The van der Waals surface area contributed by atoms with Gasteiger partial charge in [0.1, 0.15) is 0 Å². The van der Waals surface area contributed by atoms with E-state index in [9.17, 15) is 19.2 Å². The first-order valence-electron chi connectivity index (χ1n) is 15.3. The van der Waals surface area contributed by atoms with Gasteiger partial charge in [0, 0.05) is 70.8 Å². The normalized spacial score (nSPS) is 14.3. The molecule has 46 heavy (non-hydrogen) atoms. The molecule has 2 aliphatic rings. The van der Waals surface area contributed by atoms with Gasteiger partial charge in [0.25, 0.3) is 23.6 Å². The molecular weight excluding hydrogens is 580 g/mol. The number of likely N-dealkylation sites (N-methyl/N-ethyl adjacent to an activating group) is 2. The van der Waals surface area contributed by atoms with Crippen molar-refractivity contribution in [3.8, 4) is 0 Å². The molecule has 4 aromatic carbocycles. The molecule has 0 bridgehead atoms. The second kappa shape index (κ2) is 12.7. The lowest BCUT2D eigenvalue weighted by atomic mass is 9.92. The summed E-state index contributed by atoms with van der Waals surface area (Å²) >= 11 is 0. The van der Waals surface area contributed by atoms with Crippen molar-refractivity contribution < 1.29 is 19.2 Å². The first-order valence-corrected chi connectivity index (χ1v) is 15.3. The molecule has 0 saturated carbocycles. The number of carbonyl (C=O) groups excluding carboxylic acids is 4. The van der Waals surface area contributed by atoms with Crippen molar-refractivity contribution in [1.82, 2.24) is 19.6 Å². The SMILES string of the molecule is C=CN(C=N)c1ccc2c3c(cccc13)C(=O)N(CCN(C)CCCN(C)CCN1C(=O)c3cccc4cccc(c34)C1=O)C2=O.